The number of nitrogens with one attached hydrogen (secondary N) is 1. The summed E-state index contributed by atoms with van der Waals surface area (Å²) in [5.74, 6) is 1.81. The van der Waals surface area contributed by atoms with Gasteiger partial charge < -0.3 is 5.32 Å². The van der Waals surface area contributed by atoms with E-state index >= 15 is 0 Å². The van der Waals surface area contributed by atoms with Crippen molar-refractivity contribution in [1.82, 2.24) is 5.32 Å². The Hall–Kier alpha value is -0.890. The Morgan fingerprint density at radius 3 is 2.45 bits per heavy atom. The minimum atomic E-state index is -0.149. The van der Waals surface area contributed by atoms with Gasteiger partial charge in [-0.3, -0.25) is 0 Å². The van der Waals surface area contributed by atoms with Gasteiger partial charge in [-0.15, -0.1) is 0 Å². The minimum Gasteiger partial charge on any atom is -0.307 e. The first kappa shape index (κ1) is 14.1. The van der Waals surface area contributed by atoms with Gasteiger partial charge in [-0.1, -0.05) is 37.8 Å². The Morgan fingerprint density at radius 1 is 1.00 bits per heavy atom. The van der Waals surface area contributed by atoms with Crippen LogP contribution in [0.15, 0.2) is 24.3 Å². The Balaban J connectivity index is 1.56. The van der Waals surface area contributed by atoms with Crippen molar-refractivity contribution in [3.63, 3.8) is 0 Å². The molecular weight excluding hydrogens is 249 g/mol. The van der Waals surface area contributed by atoms with Crippen LogP contribution in [0, 0.1) is 17.7 Å². The van der Waals surface area contributed by atoms with Gasteiger partial charge in [-0.2, -0.15) is 0 Å². The van der Waals surface area contributed by atoms with Crippen molar-refractivity contribution in [3.8, 4) is 0 Å². The van der Waals surface area contributed by atoms with E-state index in [0.717, 1.165) is 11.8 Å². The highest BCUT2D eigenvalue weighted by Gasteiger charge is 2.32. The first-order chi connectivity index (χ1) is 9.72. The van der Waals surface area contributed by atoms with Gasteiger partial charge in [-0.25, -0.2) is 4.39 Å². The molecule has 0 bridgehead atoms. The monoisotopic (exact) mass is 275 g/mol. The van der Waals surface area contributed by atoms with Gasteiger partial charge in [0.1, 0.15) is 5.82 Å². The van der Waals surface area contributed by atoms with E-state index in [1.54, 1.807) is 12.1 Å². The number of hydrogen-bond acceptors (Lipinski definition) is 1. The molecule has 2 fully saturated rings. The zero-order valence-corrected chi connectivity index (χ0v) is 12.4. The predicted octanol–water partition coefficient (Wildman–Crippen LogP) is 4.84. The quantitative estimate of drug-likeness (QED) is 0.832. The van der Waals surface area contributed by atoms with Gasteiger partial charge >= 0.3 is 0 Å². The molecule has 20 heavy (non-hydrogen) atoms. The number of rotatable bonds is 3. The Bertz CT molecular complexity index is 428. The minimum absolute atomic E-state index is 0.149. The normalized spacial score (nSPS) is 31.6. The molecule has 1 N–H and O–H groups in total. The van der Waals surface area contributed by atoms with Crippen LogP contribution in [0.25, 0.3) is 0 Å². The molecule has 0 heterocycles. The second-order valence-corrected chi connectivity index (χ2v) is 6.75. The van der Waals surface area contributed by atoms with Crippen LogP contribution < -0.4 is 5.32 Å². The zero-order valence-electron chi connectivity index (χ0n) is 12.4. The van der Waals surface area contributed by atoms with Crippen LogP contribution in [0.5, 0.6) is 0 Å². The number of benzene rings is 1. The molecule has 2 aliphatic rings. The van der Waals surface area contributed by atoms with Crippen LogP contribution >= 0.6 is 0 Å². The summed E-state index contributed by atoms with van der Waals surface area (Å²) in [5.41, 5.74) is 1.19. The molecule has 4 atom stereocenters. The first-order valence-electron chi connectivity index (χ1n) is 8.24. The van der Waals surface area contributed by atoms with E-state index in [1.807, 2.05) is 12.1 Å². The lowest BCUT2D eigenvalue weighted by atomic mass is 9.69. The van der Waals surface area contributed by atoms with Gasteiger partial charge in [0, 0.05) is 12.1 Å². The largest absolute Gasteiger partial charge is 0.307 e. The van der Waals surface area contributed by atoms with Crippen molar-refractivity contribution in [3.05, 3.63) is 35.6 Å². The average Bonchev–Trinajstić information content (AvgIpc) is 2.48. The molecular formula is C18H26FN. The van der Waals surface area contributed by atoms with E-state index in [1.165, 1.54) is 50.5 Å². The second kappa shape index (κ2) is 6.26. The van der Waals surface area contributed by atoms with Crippen LogP contribution in [-0.4, -0.2) is 6.04 Å². The summed E-state index contributed by atoms with van der Waals surface area (Å²) in [6, 6.07) is 7.89. The molecule has 0 saturated heterocycles. The summed E-state index contributed by atoms with van der Waals surface area (Å²) in [6.45, 7) is 2.19. The standard InChI is InChI=1S/C18H26FN/c1-13(14-6-9-17(19)10-7-14)20-18-11-8-15-4-2-3-5-16(15)12-18/h6-7,9-10,13,15-16,18,20H,2-5,8,11-12H2,1H3. The fraction of sp³-hybridized carbons (Fsp3) is 0.667. The van der Waals surface area contributed by atoms with Crippen LogP contribution in [0.1, 0.15) is 63.5 Å². The van der Waals surface area contributed by atoms with Crippen molar-refractivity contribution in [2.75, 3.05) is 0 Å². The van der Waals surface area contributed by atoms with E-state index in [-0.39, 0.29) is 5.82 Å². The Labute approximate surface area is 122 Å². The number of hydrogen-bond donors (Lipinski definition) is 1. The third kappa shape index (κ3) is 3.22. The SMILES string of the molecule is CC(NC1CCC2CCCCC2C1)c1ccc(F)cc1. The fourth-order valence-corrected chi connectivity index (χ4v) is 4.23. The molecule has 2 heteroatoms. The number of fused-ring (bicyclic) bond motifs is 1. The van der Waals surface area contributed by atoms with E-state index in [9.17, 15) is 4.39 Å². The third-order valence-electron chi connectivity index (χ3n) is 5.40. The van der Waals surface area contributed by atoms with Gasteiger partial charge in [-0.05, 0) is 55.7 Å². The van der Waals surface area contributed by atoms with Gasteiger partial charge in [0.25, 0.3) is 0 Å². The van der Waals surface area contributed by atoms with E-state index < -0.39 is 0 Å². The highest BCUT2D eigenvalue weighted by molar-refractivity contribution is 5.19. The lowest BCUT2D eigenvalue weighted by Crippen LogP contribution is -2.39. The zero-order chi connectivity index (χ0) is 13.9. The highest BCUT2D eigenvalue weighted by Crippen LogP contribution is 2.40. The Kier molecular flexibility index (Phi) is 4.40. The molecule has 2 saturated carbocycles. The molecule has 110 valence electrons. The molecule has 1 aromatic rings. The molecule has 0 spiro atoms. The summed E-state index contributed by atoms with van der Waals surface area (Å²) in [7, 11) is 0. The summed E-state index contributed by atoms with van der Waals surface area (Å²) in [5, 5.41) is 3.77. The molecule has 1 nitrogen and oxygen atoms in total. The molecule has 2 aliphatic carbocycles. The van der Waals surface area contributed by atoms with Crippen molar-refractivity contribution in [1.29, 1.82) is 0 Å². The lowest BCUT2D eigenvalue weighted by molar-refractivity contribution is 0.139. The predicted molar refractivity (Wildman–Crippen MR) is 81.0 cm³/mol. The molecule has 0 aromatic heterocycles. The lowest BCUT2D eigenvalue weighted by Gasteiger charge is -2.40. The summed E-state index contributed by atoms with van der Waals surface area (Å²) in [6.07, 6.45) is 9.84. The topological polar surface area (TPSA) is 12.0 Å². The van der Waals surface area contributed by atoms with Crippen molar-refractivity contribution < 1.29 is 4.39 Å². The van der Waals surface area contributed by atoms with Crippen molar-refractivity contribution in [2.24, 2.45) is 11.8 Å². The molecule has 3 rings (SSSR count). The van der Waals surface area contributed by atoms with Crippen LogP contribution in [0.3, 0.4) is 0 Å². The summed E-state index contributed by atoms with van der Waals surface area (Å²) < 4.78 is 13.0. The van der Waals surface area contributed by atoms with Gasteiger partial charge in [0.05, 0.1) is 0 Å². The molecule has 0 amide bonds. The van der Waals surface area contributed by atoms with Crippen LogP contribution in [-0.2, 0) is 0 Å². The second-order valence-electron chi connectivity index (χ2n) is 6.75. The summed E-state index contributed by atoms with van der Waals surface area (Å²) >= 11 is 0. The van der Waals surface area contributed by atoms with E-state index in [0.29, 0.717) is 12.1 Å². The fourth-order valence-electron chi connectivity index (χ4n) is 4.23. The van der Waals surface area contributed by atoms with Crippen LogP contribution in [0.4, 0.5) is 4.39 Å². The Morgan fingerprint density at radius 2 is 1.70 bits per heavy atom. The maximum absolute atomic E-state index is 13.0. The first-order valence-corrected chi connectivity index (χ1v) is 8.24. The smallest absolute Gasteiger partial charge is 0.123 e. The van der Waals surface area contributed by atoms with Crippen molar-refractivity contribution in [2.45, 2.75) is 64.0 Å². The van der Waals surface area contributed by atoms with Crippen molar-refractivity contribution >= 4 is 0 Å². The average molecular weight is 275 g/mol. The molecule has 0 aliphatic heterocycles. The van der Waals surface area contributed by atoms with Gasteiger partial charge in [0.2, 0.25) is 0 Å². The molecule has 4 unspecified atom stereocenters. The van der Waals surface area contributed by atoms with E-state index in [4.69, 9.17) is 0 Å². The summed E-state index contributed by atoms with van der Waals surface area (Å²) in [4.78, 5) is 0. The number of halogens is 1. The maximum Gasteiger partial charge on any atom is 0.123 e. The third-order valence-corrected chi connectivity index (χ3v) is 5.40. The molecule has 1 aromatic carbocycles. The molecule has 0 radical (unpaired) electrons. The maximum atomic E-state index is 13.0. The van der Waals surface area contributed by atoms with E-state index in [2.05, 4.69) is 12.2 Å². The highest BCUT2D eigenvalue weighted by atomic mass is 19.1. The van der Waals surface area contributed by atoms with Gasteiger partial charge in [0.15, 0.2) is 0 Å². The van der Waals surface area contributed by atoms with Crippen LogP contribution in [0.2, 0.25) is 0 Å².